The molecule has 0 aliphatic heterocycles. The van der Waals surface area contributed by atoms with E-state index >= 15 is 0 Å². The van der Waals surface area contributed by atoms with Crippen LogP contribution in [-0.2, 0) is 4.79 Å². The molecule has 1 amide bonds. The summed E-state index contributed by atoms with van der Waals surface area (Å²) in [5, 5.41) is 3.15. The maximum Gasteiger partial charge on any atom is 0.264 e. The highest BCUT2D eigenvalue weighted by atomic mass is 32.1. The van der Waals surface area contributed by atoms with Crippen molar-refractivity contribution < 1.29 is 9.53 Å². The molecule has 0 aliphatic rings. The normalized spacial score (nSPS) is 9.45. The molecule has 1 aromatic heterocycles. The van der Waals surface area contributed by atoms with E-state index in [1.807, 2.05) is 18.2 Å². The van der Waals surface area contributed by atoms with Crippen molar-refractivity contribution in [2.24, 2.45) is 5.73 Å². The van der Waals surface area contributed by atoms with Crippen LogP contribution in [0.4, 0.5) is 5.13 Å². The van der Waals surface area contributed by atoms with Gasteiger partial charge in [-0.05, 0) is 12.1 Å². The van der Waals surface area contributed by atoms with Crippen LogP contribution in [0.25, 0.3) is 0 Å². The molecule has 20 heavy (non-hydrogen) atoms. The number of ether oxygens (including phenoxy) is 1. The minimum absolute atomic E-state index is 0.0621. The molecule has 5 nitrogen and oxygen atoms in total. The third kappa shape index (κ3) is 4.39. The molecular formula is C14H13N3O2S. The van der Waals surface area contributed by atoms with Gasteiger partial charge in [-0.1, -0.05) is 41.4 Å². The maximum atomic E-state index is 11.7. The Morgan fingerprint density at radius 3 is 2.95 bits per heavy atom. The highest BCUT2D eigenvalue weighted by Crippen LogP contribution is 2.16. The van der Waals surface area contributed by atoms with Crippen molar-refractivity contribution in [1.29, 1.82) is 0 Å². The molecule has 2 aromatic rings. The number of hydrogen-bond donors (Lipinski definition) is 2. The Morgan fingerprint density at radius 1 is 1.40 bits per heavy atom. The molecule has 0 radical (unpaired) electrons. The summed E-state index contributed by atoms with van der Waals surface area (Å²) in [6.07, 6.45) is 1.60. The number of nitrogens with two attached hydrogens (primary N) is 1. The first-order valence-corrected chi connectivity index (χ1v) is 6.72. The van der Waals surface area contributed by atoms with Crippen LogP contribution in [0.3, 0.4) is 0 Å². The van der Waals surface area contributed by atoms with Crippen LogP contribution >= 0.6 is 11.3 Å². The summed E-state index contributed by atoms with van der Waals surface area (Å²) in [6, 6.07) is 9.15. The van der Waals surface area contributed by atoms with Gasteiger partial charge >= 0.3 is 0 Å². The highest BCUT2D eigenvalue weighted by molar-refractivity contribution is 7.16. The average Bonchev–Trinajstić information content (AvgIpc) is 2.91. The number of nitrogens with zero attached hydrogens (tertiary/aromatic N) is 1. The SMILES string of the molecule is NCC#Cc1cnc(NC(=O)COc2ccccc2)s1. The number of carbonyl (C=O) groups excluding carboxylic acids is 1. The Balaban J connectivity index is 1.84. The third-order valence-corrected chi connectivity index (χ3v) is 3.01. The summed E-state index contributed by atoms with van der Waals surface area (Å²) in [5.74, 6) is 5.97. The van der Waals surface area contributed by atoms with Crippen molar-refractivity contribution in [3.8, 4) is 17.6 Å². The second kappa shape index (κ2) is 7.28. The van der Waals surface area contributed by atoms with Gasteiger partial charge in [0.25, 0.3) is 5.91 Å². The first kappa shape index (κ1) is 14.1. The predicted octanol–water partition coefficient (Wildman–Crippen LogP) is 1.47. The molecule has 1 heterocycles. The first-order valence-electron chi connectivity index (χ1n) is 5.90. The molecule has 3 N–H and O–H groups in total. The zero-order valence-electron chi connectivity index (χ0n) is 10.6. The second-order valence-corrected chi connectivity index (χ2v) is 4.72. The van der Waals surface area contributed by atoms with Gasteiger partial charge in [0, 0.05) is 0 Å². The van der Waals surface area contributed by atoms with Gasteiger partial charge in [-0.3, -0.25) is 10.1 Å². The quantitative estimate of drug-likeness (QED) is 0.835. The number of rotatable bonds is 4. The molecular weight excluding hydrogens is 274 g/mol. The van der Waals surface area contributed by atoms with Gasteiger partial charge in [-0.2, -0.15) is 0 Å². The van der Waals surface area contributed by atoms with Gasteiger partial charge in [-0.15, -0.1) is 0 Å². The second-order valence-electron chi connectivity index (χ2n) is 3.69. The van der Waals surface area contributed by atoms with Crippen molar-refractivity contribution in [2.75, 3.05) is 18.5 Å². The van der Waals surface area contributed by atoms with Gasteiger partial charge in [0.2, 0.25) is 0 Å². The zero-order valence-corrected chi connectivity index (χ0v) is 11.4. The van der Waals surface area contributed by atoms with Crippen molar-refractivity contribution in [2.45, 2.75) is 0 Å². The Bertz CT molecular complexity index is 629. The Hall–Kier alpha value is -2.36. The number of benzene rings is 1. The van der Waals surface area contributed by atoms with Crippen LogP contribution in [0.1, 0.15) is 4.88 Å². The predicted molar refractivity (Wildman–Crippen MR) is 78.6 cm³/mol. The highest BCUT2D eigenvalue weighted by Gasteiger charge is 2.06. The lowest BCUT2D eigenvalue weighted by molar-refractivity contribution is -0.118. The van der Waals surface area contributed by atoms with E-state index in [1.54, 1.807) is 18.3 Å². The van der Waals surface area contributed by atoms with E-state index in [4.69, 9.17) is 10.5 Å². The van der Waals surface area contributed by atoms with Crippen LogP contribution in [0.15, 0.2) is 36.5 Å². The van der Waals surface area contributed by atoms with E-state index in [9.17, 15) is 4.79 Å². The minimum atomic E-state index is -0.262. The summed E-state index contributed by atoms with van der Waals surface area (Å²) in [7, 11) is 0. The fraction of sp³-hybridized carbons (Fsp3) is 0.143. The van der Waals surface area contributed by atoms with Gasteiger partial charge in [0.15, 0.2) is 11.7 Å². The number of nitrogens with one attached hydrogen (secondary N) is 1. The molecule has 6 heteroatoms. The molecule has 1 aromatic carbocycles. The number of anilines is 1. The molecule has 0 spiro atoms. The molecule has 0 atom stereocenters. The Labute approximate surface area is 120 Å². The van der Waals surface area contributed by atoms with Crippen molar-refractivity contribution in [1.82, 2.24) is 4.98 Å². The molecule has 0 aliphatic carbocycles. The van der Waals surface area contributed by atoms with E-state index in [-0.39, 0.29) is 12.5 Å². The lowest BCUT2D eigenvalue weighted by Crippen LogP contribution is -2.19. The van der Waals surface area contributed by atoms with Crippen molar-refractivity contribution in [3.05, 3.63) is 41.4 Å². The topological polar surface area (TPSA) is 77.2 Å². The van der Waals surface area contributed by atoms with Crippen LogP contribution in [0, 0.1) is 11.8 Å². The minimum Gasteiger partial charge on any atom is -0.484 e. The molecule has 0 bridgehead atoms. The molecule has 0 saturated heterocycles. The van der Waals surface area contributed by atoms with Crippen molar-refractivity contribution >= 4 is 22.4 Å². The van der Waals surface area contributed by atoms with Gasteiger partial charge in [0.1, 0.15) is 5.75 Å². The average molecular weight is 287 g/mol. The summed E-state index contributed by atoms with van der Waals surface area (Å²) >= 11 is 1.30. The molecule has 0 saturated carbocycles. The van der Waals surface area contributed by atoms with Gasteiger partial charge in [0.05, 0.1) is 17.6 Å². The molecule has 2 rings (SSSR count). The monoisotopic (exact) mass is 287 g/mol. The summed E-state index contributed by atoms with van der Waals surface area (Å²) < 4.78 is 5.33. The Morgan fingerprint density at radius 2 is 2.20 bits per heavy atom. The number of amides is 1. The lowest BCUT2D eigenvalue weighted by atomic mass is 10.3. The molecule has 0 fully saturated rings. The summed E-state index contributed by atoms with van der Waals surface area (Å²) in [5.41, 5.74) is 5.28. The van der Waals surface area contributed by atoms with E-state index in [0.717, 1.165) is 4.88 Å². The van der Waals surface area contributed by atoms with Crippen LogP contribution in [0.2, 0.25) is 0 Å². The zero-order chi connectivity index (χ0) is 14.2. The Kier molecular flexibility index (Phi) is 5.12. The fourth-order valence-electron chi connectivity index (χ4n) is 1.35. The standard InChI is InChI=1S/C14H13N3O2S/c15-8-4-7-12-9-16-14(20-12)17-13(18)10-19-11-5-2-1-3-6-11/h1-3,5-6,9H,8,10,15H2,(H,16,17,18). The maximum absolute atomic E-state index is 11.7. The largest absolute Gasteiger partial charge is 0.484 e. The fourth-order valence-corrected chi connectivity index (χ4v) is 2.06. The smallest absolute Gasteiger partial charge is 0.264 e. The molecule has 102 valence electrons. The molecule has 0 unspecified atom stereocenters. The van der Waals surface area contributed by atoms with E-state index in [1.165, 1.54) is 11.3 Å². The number of thiazole rings is 1. The number of para-hydroxylation sites is 1. The van der Waals surface area contributed by atoms with Crippen LogP contribution < -0.4 is 15.8 Å². The van der Waals surface area contributed by atoms with Gasteiger partial charge < -0.3 is 10.5 Å². The van der Waals surface area contributed by atoms with Gasteiger partial charge in [-0.25, -0.2) is 4.98 Å². The third-order valence-electron chi connectivity index (χ3n) is 2.18. The summed E-state index contributed by atoms with van der Waals surface area (Å²) in [4.78, 5) is 16.5. The summed E-state index contributed by atoms with van der Waals surface area (Å²) in [6.45, 7) is 0.234. The number of carbonyl (C=O) groups is 1. The number of hydrogen-bond acceptors (Lipinski definition) is 5. The van der Waals surface area contributed by atoms with Crippen molar-refractivity contribution in [3.63, 3.8) is 0 Å². The van der Waals surface area contributed by atoms with Crippen LogP contribution in [0.5, 0.6) is 5.75 Å². The van der Waals surface area contributed by atoms with E-state index in [2.05, 4.69) is 22.1 Å². The lowest BCUT2D eigenvalue weighted by Gasteiger charge is -2.04. The van der Waals surface area contributed by atoms with Crippen LogP contribution in [-0.4, -0.2) is 24.0 Å². The van der Waals surface area contributed by atoms with E-state index in [0.29, 0.717) is 17.4 Å². The number of aromatic nitrogens is 1. The van der Waals surface area contributed by atoms with E-state index < -0.39 is 0 Å². The first-order chi connectivity index (χ1) is 9.78.